The van der Waals surface area contributed by atoms with Gasteiger partial charge in [0.15, 0.2) is 0 Å². The number of thiol groups is 1. The van der Waals surface area contributed by atoms with Crippen molar-refractivity contribution in [2.45, 2.75) is 4.90 Å². The number of amides is 1. The minimum atomic E-state index is -0.137. The van der Waals surface area contributed by atoms with Gasteiger partial charge in [-0.3, -0.25) is 9.78 Å². The first-order chi connectivity index (χ1) is 9.72. The second kappa shape index (κ2) is 5.35. The summed E-state index contributed by atoms with van der Waals surface area (Å²) in [5, 5.41) is 3.87. The molecule has 0 atom stereocenters. The average molecular weight is 280 g/mol. The minimum Gasteiger partial charge on any atom is -0.322 e. The third-order valence-electron chi connectivity index (χ3n) is 2.99. The van der Waals surface area contributed by atoms with Gasteiger partial charge in [-0.25, -0.2) is 0 Å². The van der Waals surface area contributed by atoms with E-state index in [1.54, 1.807) is 30.5 Å². The number of anilines is 1. The number of hydrogen-bond acceptors (Lipinski definition) is 3. The first-order valence-corrected chi connectivity index (χ1v) is 6.62. The van der Waals surface area contributed by atoms with Crippen LogP contribution in [0.25, 0.3) is 10.9 Å². The molecule has 1 amide bonds. The summed E-state index contributed by atoms with van der Waals surface area (Å²) >= 11 is 4.20. The van der Waals surface area contributed by atoms with Crippen LogP contribution in [0.1, 0.15) is 10.4 Å². The molecule has 3 rings (SSSR count). The van der Waals surface area contributed by atoms with Gasteiger partial charge in [-0.15, -0.1) is 12.6 Å². The Bertz CT molecular complexity index is 769. The Morgan fingerprint density at radius 1 is 1.05 bits per heavy atom. The minimum absolute atomic E-state index is 0.137. The SMILES string of the molecule is O=C(Nc1ccc2ncccc2c1)c1ccc(S)cc1. The average Bonchev–Trinajstić information content (AvgIpc) is 2.48. The highest BCUT2D eigenvalue weighted by atomic mass is 32.1. The number of nitrogens with zero attached hydrogens (tertiary/aromatic N) is 1. The maximum Gasteiger partial charge on any atom is 0.255 e. The molecule has 3 nitrogen and oxygen atoms in total. The summed E-state index contributed by atoms with van der Waals surface area (Å²) in [5.74, 6) is -0.137. The molecule has 0 saturated carbocycles. The monoisotopic (exact) mass is 280 g/mol. The molecule has 1 heterocycles. The molecule has 0 unspecified atom stereocenters. The topological polar surface area (TPSA) is 42.0 Å². The van der Waals surface area contributed by atoms with Gasteiger partial charge in [0.25, 0.3) is 5.91 Å². The van der Waals surface area contributed by atoms with Gasteiger partial charge in [0.05, 0.1) is 5.52 Å². The summed E-state index contributed by atoms with van der Waals surface area (Å²) < 4.78 is 0. The van der Waals surface area contributed by atoms with Crippen LogP contribution in [-0.2, 0) is 0 Å². The predicted octanol–water partition coefficient (Wildman–Crippen LogP) is 3.78. The lowest BCUT2D eigenvalue weighted by molar-refractivity contribution is 0.102. The summed E-state index contributed by atoms with van der Waals surface area (Å²) in [5.41, 5.74) is 2.27. The number of benzene rings is 2. The van der Waals surface area contributed by atoms with E-state index in [0.29, 0.717) is 5.56 Å². The van der Waals surface area contributed by atoms with E-state index in [4.69, 9.17) is 0 Å². The van der Waals surface area contributed by atoms with Crippen molar-refractivity contribution in [3.05, 3.63) is 66.4 Å². The Labute approximate surface area is 122 Å². The van der Waals surface area contributed by atoms with E-state index in [9.17, 15) is 4.79 Å². The molecule has 3 aromatic rings. The van der Waals surface area contributed by atoms with E-state index in [1.807, 2.05) is 30.3 Å². The van der Waals surface area contributed by atoms with Crippen molar-refractivity contribution in [1.82, 2.24) is 4.98 Å². The van der Waals surface area contributed by atoms with Gasteiger partial charge >= 0.3 is 0 Å². The summed E-state index contributed by atoms with van der Waals surface area (Å²) in [7, 11) is 0. The molecule has 20 heavy (non-hydrogen) atoms. The van der Waals surface area contributed by atoms with Crippen LogP contribution in [0.15, 0.2) is 65.7 Å². The molecule has 1 aromatic heterocycles. The van der Waals surface area contributed by atoms with E-state index in [0.717, 1.165) is 21.5 Å². The van der Waals surface area contributed by atoms with Crippen molar-refractivity contribution in [3.8, 4) is 0 Å². The smallest absolute Gasteiger partial charge is 0.255 e. The zero-order valence-corrected chi connectivity index (χ0v) is 11.5. The molecular formula is C16H12N2OS. The Morgan fingerprint density at radius 2 is 1.85 bits per heavy atom. The molecule has 0 radical (unpaired) electrons. The highest BCUT2D eigenvalue weighted by molar-refractivity contribution is 7.80. The number of rotatable bonds is 2. The normalized spacial score (nSPS) is 10.4. The van der Waals surface area contributed by atoms with Crippen molar-refractivity contribution in [2.75, 3.05) is 5.32 Å². The van der Waals surface area contributed by atoms with Crippen LogP contribution in [0, 0.1) is 0 Å². The quantitative estimate of drug-likeness (QED) is 0.702. The number of fused-ring (bicyclic) bond motifs is 1. The largest absolute Gasteiger partial charge is 0.322 e. The van der Waals surface area contributed by atoms with Gasteiger partial charge in [0.1, 0.15) is 0 Å². The molecular weight excluding hydrogens is 268 g/mol. The molecule has 0 aliphatic rings. The van der Waals surface area contributed by atoms with E-state index in [2.05, 4.69) is 22.9 Å². The van der Waals surface area contributed by atoms with Gasteiger partial charge in [-0.05, 0) is 48.5 Å². The Kier molecular flexibility index (Phi) is 3.39. The van der Waals surface area contributed by atoms with Gasteiger partial charge < -0.3 is 5.32 Å². The van der Waals surface area contributed by atoms with Crippen LogP contribution in [0.5, 0.6) is 0 Å². The molecule has 2 aromatic carbocycles. The predicted molar refractivity (Wildman–Crippen MR) is 83.4 cm³/mol. The summed E-state index contributed by atoms with van der Waals surface area (Å²) in [6.07, 6.45) is 1.75. The molecule has 0 spiro atoms. The molecule has 1 N–H and O–H groups in total. The zero-order chi connectivity index (χ0) is 13.9. The first-order valence-electron chi connectivity index (χ1n) is 6.17. The van der Waals surface area contributed by atoms with Crippen LogP contribution < -0.4 is 5.32 Å². The maximum absolute atomic E-state index is 12.1. The summed E-state index contributed by atoms with van der Waals surface area (Å²) in [6, 6.07) is 16.6. The van der Waals surface area contributed by atoms with Crippen molar-refractivity contribution >= 4 is 35.1 Å². The van der Waals surface area contributed by atoms with Gasteiger partial charge in [-0.1, -0.05) is 6.07 Å². The molecule has 0 aliphatic carbocycles. The Balaban J connectivity index is 1.85. The van der Waals surface area contributed by atoms with Crippen LogP contribution in [0.2, 0.25) is 0 Å². The molecule has 98 valence electrons. The van der Waals surface area contributed by atoms with Crippen molar-refractivity contribution < 1.29 is 4.79 Å². The maximum atomic E-state index is 12.1. The standard InChI is InChI=1S/C16H12N2OS/c19-16(11-3-6-14(20)7-4-11)18-13-5-8-15-12(10-13)2-1-9-17-15/h1-10,20H,(H,18,19). The highest BCUT2D eigenvalue weighted by Gasteiger charge is 2.06. The zero-order valence-electron chi connectivity index (χ0n) is 10.6. The number of aromatic nitrogens is 1. The van der Waals surface area contributed by atoms with E-state index in [1.165, 1.54) is 0 Å². The number of carbonyl (C=O) groups excluding carboxylic acids is 1. The Morgan fingerprint density at radius 3 is 2.65 bits per heavy atom. The molecule has 0 aliphatic heterocycles. The third kappa shape index (κ3) is 2.65. The van der Waals surface area contributed by atoms with Crippen LogP contribution >= 0.6 is 12.6 Å². The van der Waals surface area contributed by atoms with Crippen molar-refractivity contribution in [2.24, 2.45) is 0 Å². The van der Waals surface area contributed by atoms with Gasteiger partial charge in [-0.2, -0.15) is 0 Å². The second-order valence-corrected chi connectivity index (χ2v) is 4.93. The Hall–Kier alpha value is -2.33. The fourth-order valence-electron chi connectivity index (χ4n) is 1.97. The summed E-state index contributed by atoms with van der Waals surface area (Å²) in [4.78, 5) is 17.2. The summed E-state index contributed by atoms with van der Waals surface area (Å²) in [6.45, 7) is 0. The van der Waals surface area contributed by atoms with Crippen LogP contribution in [0.4, 0.5) is 5.69 Å². The lowest BCUT2D eigenvalue weighted by Crippen LogP contribution is -2.11. The highest BCUT2D eigenvalue weighted by Crippen LogP contribution is 2.18. The van der Waals surface area contributed by atoms with Gasteiger partial charge in [0, 0.05) is 27.7 Å². The first kappa shape index (κ1) is 12.7. The third-order valence-corrected chi connectivity index (χ3v) is 3.29. The van der Waals surface area contributed by atoms with Crippen LogP contribution in [0.3, 0.4) is 0 Å². The van der Waals surface area contributed by atoms with E-state index < -0.39 is 0 Å². The molecule has 0 bridgehead atoms. The number of nitrogens with one attached hydrogen (secondary N) is 1. The molecule has 0 fully saturated rings. The van der Waals surface area contributed by atoms with Crippen molar-refractivity contribution in [3.63, 3.8) is 0 Å². The fraction of sp³-hybridized carbons (Fsp3) is 0. The van der Waals surface area contributed by atoms with E-state index in [-0.39, 0.29) is 5.91 Å². The number of pyridine rings is 1. The molecule has 0 saturated heterocycles. The van der Waals surface area contributed by atoms with E-state index >= 15 is 0 Å². The lowest BCUT2D eigenvalue weighted by Gasteiger charge is -2.06. The second-order valence-electron chi connectivity index (χ2n) is 4.41. The lowest BCUT2D eigenvalue weighted by atomic mass is 10.1. The van der Waals surface area contributed by atoms with Gasteiger partial charge in [0.2, 0.25) is 0 Å². The van der Waals surface area contributed by atoms with Crippen LogP contribution in [-0.4, -0.2) is 10.9 Å². The number of carbonyl (C=O) groups is 1. The number of hydrogen-bond donors (Lipinski definition) is 2. The fourth-order valence-corrected chi connectivity index (χ4v) is 2.12. The van der Waals surface area contributed by atoms with Crippen molar-refractivity contribution in [1.29, 1.82) is 0 Å². The molecule has 4 heteroatoms.